The zero-order valence-electron chi connectivity index (χ0n) is 18.2. The number of halogens is 3. The second-order valence-electron chi connectivity index (χ2n) is 8.28. The highest BCUT2D eigenvalue weighted by molar-refractivity contribution is 6.30. The quantitative estimate of drug-likeness (QED) is 0.420. The van der Waals surface area contributed by atoms with Crippen molar-refractivity contribution in [3.05, 3.63) is 101 Å². The summed E-state index contributed by atoms with van der Waals surface area (Å²) in [6.45, 7) is 5.58. The van der Waals surface area contributed by atoms with E-state index >= 15 is 0 Å². The first-order valence-electron chi connectivity index (χ1n) is 10.4. The molecule has 3 aromatic rings. The van der Waals surface area contributed by atoms with Gasteiger partial charge in [-0.2, -0.15) is 0 Å². The third-order valence-corrected chi connectivity index (χ3v) is 5.72. The van der Waals surface area contributed by atoms with Crippen LogP contribution >= 0.6 is 11.6 Å². The van der Waals surface area contributed by atoms with E-state index in [1.165, 1.54) is 0 Å². The van der Waals surface area contributed by atoms with Crippen LogP contribution in [0.1, 0.15) is 43.7 Å². The monoisotopic (exact) mass is 457 g/mol. The van der Waals surface area contributed by atoms with Crippen molar-refractivity contribution in [1.82, 2.24) is 5.32 Å². The van der Waals surface area contributed by atoms with E-state index in [9.17, 15) is 13.6 Å². The number of carbonyl (C=O) groups is 1. The third-order valence-electron chi connectivity index (χ3n) is 5.47. The van der Waals surface area contributed by atoms with Crippen LogP contribution in [0.2, 0.25) is 5.02 Å². The predicted octanol–water partition coefficient (Wildman–Crippen LogP) is 6.48. The largest absolute Gasteiger partial charge is 0.478 e. The first kappa shape index (κ1) is 23.7. The number of hydrogen-bond donors (Lipinski definition) is 1. The van der Waals surface area contributed by atoms with Gasteiger partial charge in [0.25, 0.3) is 5.91 Å². The minimum atomic E-state index is -1.33. The fourth-order valence-corrected chi connectivity index (χ4v) is 3.75. The highest BCUT2D eigenvalue weighted by Gasteiger charge is 2.31. The van der Waals surface area contributed by atoms with Crippen LogP contribution in [0.15, 0.2) is 72.8 Å². The summed E-state index contributed by atoms with van der Waals surface area (Å²) in [6, 6.07) is 20.4. The van der Waals surface area contributed by atoms with E-state index in [1.54, 1.807) is 13.8 Å². The molecule has 3 aromatic carbocycles. The maximum absolute atomic E-state index is 13.5. The Labute approximate surface area is 192 Å². The minimum Gasteiger partial charge on any atom is -0.478 e. The summed E-state index contributed by atoms with van der Waals surface area (Å²) in [5, 5.41) is 3.62. The van der Waals surface area contributed by atoms with E-state index in [4.69, 9.17) is 16.3 Å². The van der Waals surface area contributed by atoms with Crippen LogP contribution in [0, 0.1) is 11.6 Å². The molecule has 3 rings (SSSR count). The lowest BCUT2D eigenvalue weighted by molar-refractivity contribution is -0.134. The molecule has 2 atom stereocenters. The number of hydrogen-bond acceptors (Lipinski definition) is 2. The zero-order chi connectivity index (χ0) is 23.3. The van der Waals surface area contributed by atoms with Gasteiger partial charge >= 0.3 is 0 Å². The van der Waals surface area contributed by atoms with E-state index < -0.39 is 17.2 Å². The molecule has 1 N–H and O–H groups in total. The molecule has 0 saturated carbocycles. The molecule has 0 bridgehead atoms. The molecule has 0 aliphatic carbocycles. The Bertz CT molecular complexity index is 1030. The van der Waals surface area contributed by atoms with Crippen LogP contribution in [-0.2, 0) is 4.79 Å². The Balaban J connectivity index is 1.76. The third kappa shape index (κ3) is 6.07. The summed E-state index contributed by atoms with van der Waals surface area (Å²) < 4.78 is 32.6. The van der Waals surface area contributed by atoms with Crippen molar-refractivity contribution < 1.29 is 18.3 Å². The Morgan fingerprint density at radius 3 is 2.16 bits per heavy atom. The highest BCUT2D eigenvalue weighted by Crippen LogP contribution is 2.33. The maximum atomic E-state index is 13.5. The smallest absolute Gasteiger partial charge is 0.263 e. The van der Waals surface area contributed by atoms with Gasteiger partial charge in [-0.1, -0.05) is 61.0 Å². The van der Waals surface area contributed by atoms with Gasteiger partial charge in [0, 0.05) is 35.7 Å². The molecule has 168 valence electrons. The van der Waals surface area contributed by atoms with Crippen molar-refractivity contribution in [1.29, 1.82) is 0 Å². The molecule has 0 aliphatic rings. The van der Waals surface area contributed by atoms with E-state index in [2.05, 4.69) is 12.2 Å². The van der Waals surface area contributed by atoms with Crippen LogP contribution in [0.3, 0.4) is 0 Å². The molecule has 0 aliphatic heterocycles. The number of carbonyl (C=O) groups excluding carboxylic acids is 1. The Hall–Kier alpha value is -2.92. The van der Waals surface area contributed by atoms with Gasteiger partial charge in [-0.15, -0.1) is 0 Å². The Morgan fingerprint density at radius 1 is 0.969 bits per heavy atom. The number of ether oxygens (including phenoxy) is 1. The molecular formula is C26H26ClF2NO2. The molecule has 0 spiro atoms. The number of amides is 1. The van der Waals surface area contributed by atoms with Gasteiger partial charge in [0.05, 0.1) is 0 Å². The first-order chi connectivity index (χ1) is 15.2. The van der Waals surface area contributed by atoms with Gasteiger partial charge in [-0.25, -0.2) is 8.78 Å². The van der Waals surface area contributed by atoms with Gasteiger partial charge in [0.1, 0.15) is 17.4 Å². The molecule has 0 heterocycles. The average molecular weight is 458 g/mol. The Morgan fingerprint density at radius 2 is 1.56 bits per heavy atom. The molecule has 3 nitrogen and oxygen atoms in total. The van der Waals surface area contributed by atoms with E-state index in [0.717, 1.165) is 29.3 Å². The van der Waals surface area contributed by atoms with E-state index in [0.29, 0.717) is 11.6 Å². The van der Waals surface area contributed by atoms with Gasteiger partial charge < -0.3 is 10.1 Å². The summed E-state index contributed by atoms with van der Waals surface area (Å²) >= 11 is 6.03. The van der Waals surface area contributed by atoms with Crippen LogP contribution in [0.25, 0.3) is 0 Å². The molecule has 0 unspecified atom stereocenters. The summed E-state index contributed by atoms with van der Waals surface area (Å²) in [5.74, 6) is -1.88. The molecule has 0 radical (unpaired) electrons. The normalized spacial score (nSPS) is 13.3. The first-order valence-corrected chi connectivity index (χ1v) is 10.8. The predicted molar refractivity (Wildman–Crippen MR) is 123 cm³/mol. The number of benzene rings is 3. The van der Waals surface area contributed by atoms with E-state index in [-0.39, 0.29) is 23.5 Å². The van der Waals surface area contributed by atoms with Crippen molar-refractivity contribution in [3.8, 4) is 5.75 Å². The van der Waals surface area contributed by atoms with Crippen LogP contribution < -0.4 is 10.1 Å². The van der Waals surface area contributed by atoms with Crippen molar-refractivity contribution in [2.75, 3.05) is 6.54 Å². The van der Waals surface area contributed by atoms with Gasteiger partial charge in [0.2, 0.25) is 0 Å². The van der Waals surface area contributed by atoms with E-state index in [1.807, 2.05) is 54.6 Å². The zero-order valence-corrected chi connectivity index (χ0v) is 19.0. The molecule has 0 aromatic heterocycles. The molecule has 0 fully saturated rings. The number of nitrogens with one attached hydrogen (secondary N) is 1. The summed E-state index contributed by atoms with van der Waals surface area (Å²) in [4.78, 5) is 12.9. The SMILES string of the molecule is C[C@H](c1ccc(Cl)cc1)[C@H](CNC(=O)C(C)(C)Oc1cc(F)cc(F)c1)c1ccccc1. The average Bonchev–Trinajstić information content (AvgIpc) is 2.73. The highest BCUT2D eigenvalue weighted by atomic mass is 35.5. The summed E-state index contributed by atoms with van der Waals surface area (Å²) in [6.07, 6.45) is 0. The molecule has 32 heavy (non-hydrogen) atoms. The van der Waals surface area contributed by atoms with Crippen LogP contribution in [-0.4, -0.2) is 18.1 Å². The fourth-order valence-electron chi connectivity index (χ4n) is 3.63. The fraction of sp³-hybridized carbons (Fsp3) is 0.269. The van der Waals surface area contributed by atoms with Gasteiger partial charge in [-0.05, 0) is 43.0 Å². The van der Waals surface area contributed by atoms with Crippen LogP contribution in [0.5, 0.6) is 5.75 Å². The van der Waals surface area contributed by atoms with Crippen molar-refractivity contribution in [2.24, 2.45) is 0 Å². The molecule has 0 saturated heterocycles. The van der Waals surface area contributed by atoms with Gasteiger partial charge in [0.15, 0.2) is 5.60 Å². The second kappa shape index (κ2) is 10.1. The molecule has 1 amide bonds. The van der Waals surface area contributed by atoms with Gasteiger partial charge in [-0.3, -0.25) is 4.79 Å². The van der Waals surface area contributed by atoms with Crippen LogP contribution in [0.4, 0.5) is 8.78 Å². The standard InChI is InChI=1S/C26H26ClF2NO2/c1-17(18-9-11-20(27)12-10-18)24(19-7-5-4-6-8-19)16-30-25(31)26(2,3)32-23-14-21(28)13-22(29)15-23/h4-15,17,24H,16H2,1-3H3,(H,30,31)/t17-,24+/m1/s1. The topological polar surface area (TPSA) is 38.3 Å². The van der Waals surface area contributed by atoms with Crippen molar-refractivity contribution in [2.45, 2.75) is 38.2 Å². The van der Waals surface area contributed by atoms with Crippen molar-refractivity contribution in [3.63, 3.8) is 0 Å². The summed E-state index contributed by atoms with van der Waals surface area (Å²) in [5.41, 5.74) is 0.856. The maximum Gasteiger partial charge on any atom is 0.263 e. The molecular weight excluding hydrogens is 432 g/mol. The molecule has 6 heteroatoms. The lowest BCUT2D eigenvalue weighted by Crippen LogP contribution is -2.47. The lowest BCUT2D eigenvalue weighted by atomic mass is 9.82. The Kier molecular flexibility index (Phi) is 7.52. The van der Waals surface area contributed by atoms with Crippen molar-refractivity contribution >= 4 is 17.5 Å². The number of rotatable bonds is 8. The second-order valence-corrected chi connectivity index (χ2v) is 8.72. The summed E-state index contributed by atoms with van der Waals surface area (Å²) in [7, 11) is 0. The minimum absolute atomic E-state index is 0.0104. The lowest BCUT2D eigenvalue weighted by Gasteiger charge is -2.29.